The second-order valence-electron chi connectivity index (χ2n) is 5.76. The van der Waals surface area contributed by atoms with Gasteiger partial charge < -0.3 is 5.32 Å². The highest BCUT2D eigenvalue weighted by Crippen LogP contribution is 2.31. The fraction of sp³-hybridized carbons (Fsp3) is 0.600. The summed E-state index contributed by atoms with van der Waals surface area (Å²) in [5.74, 6) is 1.64. The van der Waals surface area contributed by atoms with E-state index in [2.05, 4.69) is 28.2 Å². The minimum absolute atomic E-state index is 0.136. The van der Waals surface area contributed by atoms with Crippen molar-refractivity contribution in [1.82, 2.24) is 0 Å². The van der Waals surface area contributed by atoms with Gasteiger partial charge in [-0.1, -0.05) is 48.5 Å². The molecule has 0 saturated heterocycles. The molecule has 0 spiro atoms. The van der Waals surface area contributed by atoms with Gasteiger partial charge in [0, 0.05) is 17.1 Å². The first-order valence-electron chi connectivity index (χ1n) is 7.24. The van der Waals surface area contributed by atoms with Gasteiger partial charge in [-0.3, -0.25) is 10.1 Å². The van der Waals surface area contributed by atoms with E-state index in [-0.39, 0.29) is 10.6 Å². The Morgan fingerprint density at radius 2 is 2.05 bits per heavy atom. The van der Waals surface area contributed by atoms with E-state index < -0.39 is 0 Å². The number of nitrogens with zero attached hydrogens (tertiary/aromatic N) is 1. The molecule has 1 saturated carbocycles. The Bertz CT molecular complexity index is 471. The first-order chi connectivity index (χ1) is 9.56. The monoisotopic (exact) mass is 340 g/mol. The molecule has 110 valence electrons. The van der Waals surface area contributed by atoms with Crippen LogP contribution in [0.5, 0.6) is 0 Å². The number of nitrogens with one attached hydrogen (secondary N) is 1. The number of benzene rings is 1. The second-order valence-corrected chi connectivity index (χ2v) is 6.68. The summed E-state index contributed by atoms with van der Waals surface area (Å²) in [5, 5.41) is 14.2. The van der Waals surface area contributed by atoms with E-state index in [0.717, 1.165) is 29.3 Å². The minimum atomic E-state index is -0.338. The van der Waals surface area contributed by atoms with Crippen LogP contribution in [0.2, 0.25) is 0 Å². The predicted octanol–water partition coefficient (Wildman–Crippen LogP) is 4.99. The fourth-order valence-corrected chi connectivity index (χ4v) is 3.18. The van der Waals surface area contributed by atoms with Crippen LogP contribution in [0.1, 0.15) is 39.0 Å². The SMILES string of the molecule is CC1CCC(CCNc2ccc(Br)cc2[N+](=O)[O-])CC1. The summed E-state index contributed by atoms with van der Waals surface area (Å²) in [4.78, 5) is 10.7. The summed E-state index contributed by atoms with van der Waals surface area (Å²) in [6.07, 6.45) is 6.34. The fourth-order valence-electron chi connectivity index (χ4n) is 2.83. The maximum atomic E-state index is 11.0. The summed E-state index contributed by atoms with van der Waals surface area (Å²) in [6.45, 7) is 3.13. The van der Waals surface area contributed by atoms with Crippen LogP contribution in [-0.2, 0) is 0 Å². The van der Waals surface area contributed by atoms with Crippen LogP contribution in [0.3, 0.4) is 0 Å². The molecule has 0 heterocycles. The van der Waals surface area contributed by atoms with Gasteiger partial charge in [0.2, 0.25) is 0 Å². The van der Waals surface area contributed by atoms with Gasteiger partial charge in [-0.25, -0.2) is 0 Å². The van der Waals surface area contributed by atoms with Crippen molar-refractivity contribution < 1.29 is 4.92 Å². The largest absolute Gasteiger partial charge is 0.379 e. The molecule has 1 fully saturated rings. The molecule has 1 aromatic rings. The topological polar surface area (TPSA) is 55.2 Å². The molecule has 0 radical (unpaired) electrons. The van der Waals surface area contributed by atoms with E-state index in [4.69, 9.17) is 0 Å². The first-order valence-corrected chi connectivity index (χ1v) is 8.03. The molecule has 0 bridgehead atoms. The molecule has 0 unspecified atom stereocenters. The quantitative estimate of drug-likeness (QED) is 0.607. The summed E-state index contributed by atoms with van der Waals surface area (Å²) in [7, 11) is 0. The molecular formula is C15H21BrN2O2. The van der Waals surface area contributed by atoms with Gasteiger partial charge in [-0.2, -0.15) is 0 Å². The number of halogens is 1. The molecule has 5 heteroatoms. The summed E-state index contributed by atoms with van der Waals surface area (Å²) < 4.78 is 0.732. The minimum Gasteiger partial charge on any atom is -0.379 e. The van der Waals surface area contributed by atoms with Crippen LogP contribution in [0, 0.1) is 22.0 Å². The highest BCUT2D eigenvalue weighted by Gasteiger charge is 2.18. The number of hydrogen-bond acceptors (Lipinski definition) is 3. The number of hydrogen-bond donors (Lipinski definition) is 1. The molecule has 20 heavy (non-hydrogen) atoms. The van der Waals surface area contributed by atoms with Crippen LogP contribution in [0.25, 0.3) is 0 Å². The Hall–Kier alpha value is -1.10. The third-order valence-corrected chi connectivity index (χ3v) is 4.65. The van der Waals surface area contributed by atoms with E-state index in [1.165, 1.54) is 25.7 Å². The Kier molecular flexibility index (Phi) is 5.40. The number of rotatable bonds is 5. The number of nitro benzene ring substituents is 1. The second kappa shape index (κ2) is 7.07. The maximum absolute atomic E-state index is 11.0. The molecule has 0 amide bonds. The number of nitro groups is 1. The van der Waals surface area contributed by atoms with Crippen LogP contribution in [0.15, 0.2) is 22.7 Å². The van der Waals surface area contributed by atoms with Gasteiger partial charge in [-0.05, 0) is 30.4 Å². The molecule has 1 aliphatic rings. The Morgan fingerprint density at radius 1 is 1.35 bits per heavy atom. The lowest BCUT2D eigenvalue weighted by atomic mass is 9.81. The van der Waals surface area contributed by atoms with Crippen molar-refractivity contribution in [3.05, 3.63) is 32.8 Å². The van der Waals surface area contributed by atoms with Gasteiger partial charge >= 0.3 is 0 Å². The first kappa shape index (κ1) is 15.3. The molecular weight excluding hydrogens is 320 g/mol. The molecule has 1 N–H and O–H groups in total. The Labute approximate surface area is 128 Å². The Balaban J connectivity index is 1.86. The maximum Gasteiger partial charge on any atom is 0.293 e. The van der Waals surface area contributed by atoms with Gasteiger partial charge in [0.05, 0.1) is 4.92 Å². The van der Waals surface area contributed by atoms with Crippen LogP contribution in [-0.4, -0.2) is 11.5 Å². The average Bonchev–Trinajstić information content (AvgIpc) is 2.42. The van der Waals surface area contributed by atoms with Gasteiger partial charge in [-0.15, -0.1) is 0 Å². The molecule has 0 aliphatic heterocycles. The zero-order valence-electron chi connectivity index (χ0n) is 11.8. The number of anilines is 1. The van der Waals surface area contributed by atoms with E-state index in [1.54, 1.807) is 12.1 Å². The van der Waals surface area contributed by atoms with E-state index in [9.17, 15) is 10.1 Å². The average molecular weight is 341 g/mol. The summed E-state index contributed by atoms with van der Waals surface area (Å²) >= 11 is 3.27. The van der Waals surface area contributed by atoms with Crippen LogP contribution < -0.4 is 5.32 Å². The highest BCUT2D eigenvalue weighted by molar-refractivity contribution is 9.10. The lowest BCUT2D eigenvalue weighted by Gasteiger charge is -2.26. The highest BCUT2D eigenvalue weighted by atomic mass is 79.9. The summed E-state index contributed by atoms with van der Waals surface area (Å²) in [5.41, 5.74) is 0.749. The van der Waals surface area contributed by atoms with Crippen LogP contribution in [0.4, 0.5) is 11.4 Å². The van der Waals surface area contributed by atoms with E-state index in [0.29, 0.717) is 5.69 Å². The van der Waals surface area contributed by atoms with Crippen molar-refractivity contribution >= 4 is 27.3 Å². The lowest BCUT2D eigenvalue weighted by Crippen LogP contribution is -2.16. The molecule has 0 atom stereocenters. The summed E-state index contributed by atoms with van der Waals surface area (Å²) in [6, 6.07) is 5.15. The van der Waals surface area contributed by atoms with E-state index >= 15 is 0 Å². The van der Waals surface area contributed by atoms with Crippen molar-refractivity contribution in [2.45, 2.75) is 39.0 Å². The zero-order chi connectivity index (χ0) is 14.5. The zero-order valence-corrected chi connectivity index (χ0v) is 13.4. The van der Waals surface area contributed by atoms with Crippen molar-refractivity contribution in [3.8, 4) is 0 Å². The molecule has 4 nitrogen and oxygen atoms in total. The molecule has 1 aliphatic carbocycles. The van der Waals surface area contributed by atoms with Gasteiger partial charge in [0.15, 0.2) is 0 Å². The molecule has 0 aromatic heterocycles. The van der Waals surface area contributed by atoms with Crippen LogP contribution >= 0.6 is 15.9 Å². The Morgan fingerprint density at radius 3 is 2.70 bits per heavy atom. The third kappa shape index (κ3) is 4.20. The normalized spacial score (nSPS) is 22.5. The van der Waals surface area contributed by atoms with Gasteiger partial charge in [0.1, 0.15) is 5.69 Å². The standard InChI is InChI=1S/C15H21BrN2O2/c1-11-2-4-12(5-3-11)8-9-17-14-7-6-13(16)10-15(14)18(19)20/h6-7,10-12,17H,2-5,8-9H2,1H3. The van der Waals surface area contributed by atoms with Crippen molar-refractivity contribution in [2.24, 2.45) is 11.8 Å². The smallest absolute Gasteiger partial charge is 0.293 e. The lowest BCUT2D eigenvalue weighted by molar-refractivity contribution is -0.384. The van der Waals surface area contributed by atoms with E-state index in [1.807, 2.05) is 6.07 Å². The van der Waals surface area contributed by atoms with Crippen molar-refractivity contribution in [2.75, 3.05) is 11.9 Å². The van der Waals surface area contributed by atoms with Crippen molar-refractivity contribution in [1.29, 1.82) is 0 Å². The van der Waals surface area contributed by atoms with Gasteiger partial charge in [0.25, 0.3) is 5.69 Å². The third-order valence-electron chi connectivity index (χ3n) is 4.16. The van der Waals surface area contributed by atoms with Crippen molar-refractivity contribution in [3.63, 3.8) is 0 Å². The molecule has 2 rings (SSSR count). The predicted molar refractivity (Wildman–Crippen MR) is 85.0 cm³/mol. The molecule has 1 aromatic carbocycles.